The van der Waals surface area contributed by atoms with E-state index >= 15 is 0 Å². The second-order valence-electron chi connectivity index (χ2n) is 8.23. The van der Waals surface area contributed by atoms with E-state index in [4.69, 9.17) is 0 Å². The smallest absolute Gasteiger partial charge is 0.435 e. The normalized spacial score (nSPS) is 15.6. The number of ether oxygens (including phenoxy) is 2. The van der Waals surface area contributed by atoms with Gasteiger partial charge in [0.05, 0.1) is 12.3 Å². The van der Waals surface area contributed by atoms with Gasteiger partial charge in [-0.05, 0) is 59.7 Å². The lowest BCUT2D eigenvalue weighted by Crippen LogP contribution is -2.37. The molecule has 1 unspecified atom stereocenters. The van der Waals surface area contributed by atoms with Crippen LogP contribution in [0.15, 0.2) is 84.0 Å². The SMILES string of the molecule is CN(C(=O)N1CC(c2ccccc2)C(c2ccc(OC(F)F)cc2)=N1)c1ccc(OC(F)(F)C(F)F)cc1. The molecule has 0 aromatic heterocycles. The maximum atomic E-state index is 13.3. The van der Waals surface area contributed by atoms with Crippen LogP contribution >= 0.6 is 0 Å². The maximum absolute atomic E-state index is 13.3. The average molecular weight is 537 g/mol. The van der Waals surface area contributed by atoms with Gasteiger partial charge in [0.25, 0.3) is 0 Å². The minimum Gasteiger partial charge on any atom is -0.435 e. The van der Waals surface area contributed by atoms with Crippen LogP contribution in [0.3, 0.4) is 0 Å². The molecule has 6 nitrogen and oxygen atoms in total. The third-order valence-electron chi connectivity index (χ3n) is 5.73. The summed E-state index contributed by atoms with van der Waals surface area (Å²) in [5.74, 6) is -0.849. The van der Waals surface area contributed by atoms with Gasteiger partial charge < -0.3 is 9.47 Å². The number of hydrogen-bond acceptors (Lipinski definition) is 4. The topological polar surface area (TPSA) is 54.4 Å². The van der Waals surface area contributed by atoms with Crippen molar-refractivity contribution in [1.29, 1.82) is 0 Å². The summed E-state index contributed by atoms with van der Waals surface area (Å²) in [5, 5.41) is 5.73. The lowest BCUT2D eigenvalue weighted by Gasteiger charge is -2.23. The van der Waals surface area contributed by atoms with Crippen LogP contribution in [0.4, 0.5) is 36.8 Å². The number of amides is 2. The lowest BCUT2D eigenvalue weighted by atomic mass is 9.90. The first-order valence-electron chi connectivity index (χ1n) is 11.2. The van der Waals surface area contributed by atoms with Crippen molar-refractivity contribution in [1.82, 2.24) is 5.01 Å². The van der Waals surface area contributed by atoms with Crippen LogP contribution in [0.2, 0.25) is 0 Å². The minimum atomic E-state index is -4.65. The van der Waals surface area contributed by atoms with Crippen molar-refractivity contribution in [2.75, 3.05) is 18.5 Å². The van der Waals surface area contributed by atoms with E-state index in [1.807, 2.05) is 30.3 Å². The molecule has 3 aromatic carbocycles. The molecule has 4 rings (SSSR count). The molecule has 0 aliphatic carbocycles. The fourth-order valence-electron chi connectivity index (χ4n) is 3.86. The van der Waals surface area contributed by atoms with Crippen molar-refractivity contribution >= 4 is 17.4 Å². The summed E-state index contributed by atoms with van der Waals surface area (Å²) >= 11 is 0. The van der Waals surface area contributed by atoms with Crippen molar-refractivity contribution in [3.63, 3.8) is 0 Å². The Morgan fingerprint density at radius 1 is 0.947 bits per heavy atom. The number of halogens is 6. The highest BCUT2D eigenvalue weighted by Crippen LogP contribution is 2.32. The molecule has 2 amide bonds. The summed E-state index contributed by atoms with van der Waals surface area (Å²) in [6.07, 6.45) is -8.65. The number of nitrogens with zero attached hydrogens (tertiary/aromatic N) is 3. The summed E-state index contributed by atoms with van der Waals surface area (Å²) in [5.41, 5.74) is 2.27. The van der Waals surface area contributed by atoms with Crippen LogP contribution in [-0.4, -0.2) is 49.5 Å². The summed E-state index contributed by atoms with van der Waals surface area (Å²) in [7, 11) is 1.44. The molecule has 0 bridgehead atoms. The molecule has 1 atom stereocenters. The quantitative estimate of drug-likeness (QED) is 0.305. The van der Waals surface area contributed by atoms with Gasteiger partial charge in [-0.25, -0.2) is 9.80 Å². The van der Waals surface area contributed by atoms with Crippen molar-refractivity contribution in [3.05, 3.63) is 90.0 Å². The molecule has 12 heteroatoms. The van der Waals surface area contributed by atoms with Gasteiger partial charge in [-0.2, -0.15) is 31.4 Å². The van der Waals surface area contributed by atoms with Gasteiger partial charge >= 0.3 is 25.2 Å². The Bertz CT molecular complexity index is 1270. The predicted molar refractivity (Wildman–Crippen MR) is 127 cm³/mol. The van der Waals surface area contributed by atoms with Gasteiger partial charge in [0.15, 0.2) is 0 Å². The van der Waals surface area contributed by atoms with Gasteiger partial charge in [0.2, 0.25) is 0 Å². The Morgan fingerprint density at radius 2 is 1.55 bits per heavy atom. The molecule has 3 aromatic rings. The molecule has 0 saturated heterocycles. The van der Waals surface area contributed by atoms with Gasteiger partial charge in [0.1, 0.15) is 11.5 Å². The fraction of sp³-hybridized carbons (Fsp3) is 0.231. The Labute approximate surface area is 213 Å². The lowest BCUT2D eigenvalue weighted by molar-refractivity contribution is -0.253. The van der Waals surface area contributed by atoms with E-state index in [-0.39, 0.29) is 23.9 Å². The second-order valence-corrected chi connectivity index (χ2v) is 8.23. The third kappa shape index (κ3) is 6.01. The summed E-state index contributed by atoms with van der Waals surface area (Å²) in [6, 6.07) is 19.2. The van der Waals surface area contributed by atoms with Crippen molar-refractivity contribution in [2.45, 2.75) is 25.1 Å². The largest absolute Gasteiger partial charge is 0.461 e. The summed E-state index contributed by atoms with van der Waals surface area (Å²) < 4.78 is 84.6. The standard InChI is InChI=1S/C26H21F6N3O3/c1-34(18-9-13-20(14-10-18)38-26(31,32)23(27)28)25(36)35-15-21(16-5-3-2-4-6-16)22(33-35)17-7-11-19(12-8-17)37-24(29)30/h2-14,21,23-24H,15H2,1H3. The number of hydrazone groups is 1. The van der Waals surface area contributed by atoms with E-state index in [1.165, 1.54) is 41.2 Å². The Hall–Kier alpha value is -4.22. The molecule has 0 N–H and O–H groups in total. The molecular weight excluding hydrogens is 516 g/mol. The molecule has 0 fully saturated rings. The number of carbonyl (C=O) groups excluding carboxylic acids is 1. The summed E-state index contributed by atoms with van der Waals surface area (Å²) in [4.78, 5) is 14.5. The van der Waals surface area contributed by atoms with Crippen LogP contribution in [0.5, 0.6) is 11.5 Å². The molecule has 200 valence electrons. The first-order valence-corrected chi connectivity index (χ1v) is 11.2. The zero-order valence-electron chi connectivity index (χ0n) is 19.8. The molecule has 0 radical (unpaired) electrons. The van der Waals surface area contributed by atoms with E-state index < -0.39 is 30.9 Å². The summed E-state index contributed by atoms with van der Waals surface area (Å²) in [6.45, 7) is -2.80. The minimum absolute atomic E-state index is 0.0231. The predicted octanol–water partition coefficient (Wildman–Crippen LogP) is 6.58. The highest BCUT2D eigenvalue weighted by molar-refractivity contribution is 6.08. The van der Waals surface area contributed by atoms with E-state index in [9.17, 15) is 31.1 Å². The van der Waals surface area contributed by atoms with Crippen LogP contribution in [0.25, 0.3) is 0 Å². The zero-order valence-corrected chi connectivity index (χ0v) is 19.8. The molecule has 0 spiro atoms. The Balaban J connectivity index is 1.56. The van der Waals surface area contributed by atoms with Crippen LogP contribution in [0, 0.1) is 0 Å². The van der Waals surface area contributed by atoms with Crippen LogP contribution in [0.1, 0.15) is 17.0 Å². The van der Waals surface area contributed by atoms with Gasteiger partial charge in [0, 0.05) is 18.7 Å². The van der Waals surface area contributed by atoms with Gasteiger partial charge in [-0.1, -0.05) is 30.3 Å². The van der Waals surface area contributed by atoms with Crippen molar-refractivity contribution < 1.29 is 40.6 Å². The maximum Gasteiger partial charge on any atom is 0.461 e. The van der Waals surface area contributed by atoms with Crippen molar-refractivity contribution in [3.8, 4) is 11.5 Å². The average Bonchev–Trinajstić information content (AvgIpc) is 3.34. The first kappa shape index (κ1) is 26.8. The van der Waals surface area contributed by atoms with E-state index in [0.29, 0.717) is 11.3 Å². The van der Waals surface area contributed by atoms with E-state index in [0.717, 1.165) is 17.7 Å². The fourth-order valence-corrected chi connectivity index (χ4v) is 3.86. The van der Waals surface area contributed by atoms with Crippen molar-refractivity contribution in [2.24, 2.45) is 5.10 Å². The molecule has 1 heterocycles. The number of urea groups is 1. The third-order valence-corrected chi connectivity index (χ3v) is 5.73. The zero-order chi connectivity index (χ0) is 27.4. The first-order chi connectivity index (χ1) is 18.0. The van der Waals surface area contributed by atoms with Crippen LogP contribution < -0.4 is 14.4 Å². The number of rotatable bonds is 8. The number of carbonyl (C=O) groups is 1. The molecule has 1 aliphatic heterocycles. The molecular formula is C26H21F6N3O3. The van der Waals surface area contributed by atoms with Crippen LogP contribution in [-0.2, 0) is 0 Å². The molecule has 0 saturated carbocycles. The number of benzene rings is 3. The monoisotopic (exact) mass is 537 g/mol. The van der Waals surface area contributed by atoms with E-state index in [2.05, 4.69) is 14.6 Å². The highest BCUT2D eigenvalue weighted by Gasteiger charge is 2.44. The molecule has 1 aliphatic rings. The molecule has 38 heavy (non-hydrogen) atoms. The Kier molecular flexibility index (Phi) is 7.79. The number of hydrogen-bond donors (Lipinski definition) is 0. The second kappa shape index (κ2) is 11.0. The Morgan fingerprint density at radius 3 is 2.13 bits per heavy atom. The van der Waals surface area contributed by atoms with Gasteiger partial charge in [-0.3, -0.25) is 4.90 Å². The highest BCUT2D eigenvalue weighted by atomic mass is 19.3. The number of anilines is 1. The van der Waals surface area contributed by atoms with Gasteiger partial charge in [-0.15, -0.1) is 0 Å². The van der Waals surface area contributed by atoms with E-state index in [1.54, 1.807) is 12.1 Å². The number of alkyl halides is 6.